The second-order valence-corrected chi connectivity index (χ2v) is 6.67. The average molecular weight is 334 g/mol. The Labute approximate surface area is 145 Å². The quantitative estimate of drug-likeness (QED) is 0.385. The van der Waals surface area contributed by atoms with E-state index < -0.39 is 0 Å². The zero-order valence-electron chi connectivity index (χ0n) is 14.9. The standard InChI is InChI=1S/C17H30N6O/c1-21-8-3-16(4-9-21)22(2)17(24)15(13-18)14-20-7-12-23-10-5-19-6-11-23/h14,16,19-20H,3-12H2,1-2H3/b15-14-. The molecule has 2 heterocycles. The zero-order valence-corrected chi connectivity index (χ0v) is 14.9. The van der Waals surface area contributed by atoms with E-state index in [9.17, 15) is 10.1 Å². The van der Waals surface area contributed by atoms with Gasteiger partial charge in [-0.1, -0.05) is 0 Å². The Morgan fingerprint density at radius 1 is 1.33 bits per heavy atom. The van der Waals surface area contributed by atoms with Gasteiger partial charge in [0.05, 0.1) is 0 Å². The highest BCUT2D eigenvalue weighted by Gasteiger charge is 2.25. The molecule has 0 spiro atoms. The third-order valence-corrected chi connectivity index (χ3v) is 4.94. The molecule has 0 atom stereocenters. The predicted molar refractivity (Wildman–Crippen MR) is 94.3 cm³/mol. The van der Waals surface area contributed by atoms with Crippen molar-refractivity contribution < 1.29 is 4.79 Å². The molecule has 2 aliphatic rings. The van der Waals surface area contributed by atoms with Crippen LogP contribution in [0.25, 0.3) is 0 Å². The molecule has 2 N–H and O–H groups in total. The predicted octanol–water partition coefficient (Wildman–Crippen LogP) is -0.559. The number of carbonyl (C=O) groups excluding carboxylic acids is 1. The maximum Gasteiger partial charge on any atom is 0.265 e. The van der Waals surface area contributed by atoms with Gasteiger partial charge in [-0.2, -0.15) is 5.26 Å². The number of nitrogens with zero attached hydrogens (tertiary/aromatic N) is 4. The molecule has 0 unspecified atom stereocenters. The van der Waals surface area contributed by atoms with E-state index >= 15 is 0 Å². The Bertz CT molecular complexity index is 472. The molecule has 134 valence electrons. The van der Waals surface area contributed by atoms with Crippen molar-refractivity contribution in [3.05, 3.63) is 11.8 Å². The van der Waals surface area contributed by atoms with Gasteiger partial charge < -0.3 is 20.4 Å². The van der Waals surface area contributed by atoms with E-state index in [1.807, 2.05) is 13.1 Å². The van der Waals surface area contributed by atoms with Crippen LogP contribution in [0.15, 0.2) is 11.8 Å². The van der Waals surface area contributed by atoms with Crippen molar-refractivity contribution in [2.24, 2.45) is 0 Å². The van der Waals surface area contributed by atoms with Crippen molar-refractivity contribution in [1.29, 1.82) is 5.26 Å². The largest absolute Gasteiger partial charge is 0.388 e. The number of carbonyl (C=O) groups is 1. The summed E-state index contributed by atoms with van der Waals surface area (Å²) in [7, 11) is 3.91. The number of hydrogen-bond donors (Lipinski definition) is 2. The lowest BCUT2D eigenvalue weighted by molar-refractivity contribution is -0.128. The van der Waals surface area contributed by atoms with E-state index in [0.29, 0.717) is 0 Å². The van der Waals surface area contributed by atoms with Crippen LogP contribution >= 0.6 is 0 Å². The molecule has 7 heteroatoms. The van der Waals surface area contributed by atoms with Crippen LogP contribution in [-0.4, -0.2) is 93.1 Å². The molecule has 0 aromatic heterocycles. The van der Waals surface area contributed by atoms with E-state index in [2.05, 4.69) is 27.5 Å². The molecule has 2 rings (SSSR count). The maximum atomic E-state index is 12.5. The smallest absolute Gasteiger partial charge is 0.265 e. The summed E-state index contributed by atoms with van der Waals surface area (Å²) in [4.78, 5) is 18.9. The first-order valence-corrected chi connectivity index (χ1v) is 8.84. The summed E-state index contributed by atoms with van der Waals surface area (Å²) in [6.07, 6.45) is 3.51. The Balaban J connectivity index is 1.78. The zero-order chi connectivity index (χ0) is 17.4. The van der Waals surface area contributed by atoms with Gasteiger partial charge >= 0.3 is 0 Å². The van der Waals surface area contributed by atoms with Gasteiger partial charge in [0.1, 0.15) is 11.6 Å². The second kappa shape index (κ2) is 9.62. The summed E-state index contributed by atoms with van der Waals surface area (Å²) in [5.74, 6) is -0.179. The van der Waals surface area contributed by atoms with E-state index in [0.717, 1.165) is 65.2 Å². The number of likely N-dealkylation sites (tertiary alicyclic amines) is 1. The third-order valence-electron chi connectivity index (χ3n) is 4.94. The normalized spacial score (nSPS) is 21.3. The minimum atomic E-state index is -0.179. The molecule has 0 saturated carbocycles. The molecular formula is C17H30N6O. The molecule has 0 aromatic rings. The lowest BCUT2D eigenvalue weighted by Gasteiger charge is -2.35. The Kier molecular flexibility index (Phi) is 7.50. The van der Waals surface area contributed by atoms with Crippen molar-refractivity contribution in [2.75, 3.05) is 66.5 Å². The molecule has 2 fully saturated rings. The fourth-order valence-corrected chi connectivity index (χ4v) is 3.21. The number of amides is 1. The van der Waals surface area contributed by atoms with Crippen LogP contribution in [0.5, 0.6) is 0 Å². The molecule has 0 aromatic carbocycles. The highest BCUT2D eigenvalue weighted by Crippen LogP contribution is 2.15. The summed E-state index contributed by atoms with van der Waals surface area (Å²) in [6.45, 7) is 7.82. The molecule has 2 saturated heterocycles. The molecular weight excluding hydrogens is 304 g/mol. The molecule has 7 nitrogen and oxygen atoms in total. The number of piperidine rings is 1. The first kappa shape index (κ1) is 18.7. The van der Waals surface area contributed by atoms with Gasteiger partial charge in [-0.3, -0.25) is 9.69 Å². The van der Waals surface area contributed by atoms with Gasteiger partial charge in [0.2, 0.25) is 0 Å². The number of hydrogen-bond acceptors (Lipinski definition) is 6. The monoisotopic (exact) mass is 334 g/mol. The highest BCUT2D eigenvalue weighted by molar-refractivity contribution is 5.97. The maximum absolute atomic E-state index is 12.5. The number of likely N-dealkylation sites (N-methyl/N-ethyl adjacent to an activating group) is 1. The lowest BCUT2D eigenvalue weighted by atomic mass is 10.0. The van der Waals surface area contributed by atoms with Crippen LogP contribution in [0.2, 0.25) is 0 Å². The number of rotatable bonds is 6. The van der Waals surface area contributed by atoms with Crippen LogP contribution in [0.3, 0.4) is 0 Å². The molecule has 0 bridgehead atoms. The average Bonchev–Trinajstić information content (AvgIpc) is 2.62. The van der Waals surface area contributed by atoms with Crippen molar-refractivity contribution >= 4 is 5.91 Å². The van der Waals surface area contributed by atoms with E-state index in [-0.39, 0.29) is 17.5 Å². The van der Waals surface area contributed by atoms with Crippen LogP contribution in [-0.2, 0) is 4.79 Å². The Morgan fingerprint density at radius 3 is 2.62 bits per heavy atom. The summed E-state index contributed by atoms with van der Waals surface area (Å²) in [5.41, 5.74) is 0.191. The number of nitriles is 1. The molecule has 0 radical (unpaired) electrons. The van der Waals surface area contributed by atoms with Crippen molar-refractivity contribution in [1.82, 2.24) is 25.3 Å². The van der Waals surface area contributed by atoms with Gasteiger partial charge in [0.25, 0.3) is 5.91 Å². The number of piperazine rings is 1. The number of nitrogens with one attached hydrogen (secondary N) is 2. The minimum absolute atomic E-state index is 0.179. The van der Waals surface area contributed by atoms with Gasteiger partial charge in [0, 0.05) is 58.6 Å². The molecule has 24 heavy (non-hydrogen) atoms. The SMILES string of the molecule is CN1CCC(N(C)C(=O)/C(C#N)=C\NCCN2CCNCC2)CC1. The van der Waals surface area contributed by atoms with Crippen molar-refractivity contribution in [3.63, 3.8) is 0 Å². The van der Waals surface area contributed by atoms with E-state index in [4.69, 9.17) is 0 Å². The van der Waals surface area contributed by atoms with Crippen LogP contribution in [0.4, 0.5) is 0 Å². The molecule has 1 amide bonds. The minimum Gasteiger partial charge on any atom is -0.388 e. The Morgan fingerprint density at radius 2 is 2.00 bits per heavy atom. The highest BCUT2D eigenvalue weighted by atomic mass is 16.2. The third kappa shape index (κ3) is 5.48. The fraction of sp³-hybridized carbons (Fsp3) is 0.765. The van der Waals surface area contributed by atoms with E-state index in [1.54, 1.807) is 11.1 Å². The first-order valence-electron chi connectivity index (χ1n) is 8.84. The molecule has 2 aliphatic heterocycles. The first-order chi connectivity index (χ1) is 11.6. The van der Waals surface area contributed by atoms with Crippen LogP contribution in [0, 0.1) is 11.3 Å². The fourth-order valence-electron chi connectivity index (χ4n) is 3.21. The van der Waals surface area contributed by atoms with E-state index in [1.165, 1.54) is 0 Å². The topological polar surface area (TPSA) is 74.6 Å². The second-order valence-electron chi connectivity index (χ2n) is 6.67. The van der Waals surface area contributed by atoms with Gasteiger partial charge in [-0.15, -0.1) is 0 Å². The van der Waals surface area contributed by atoms with Crippen molar-refractivity contribution in [3.8, 4) is 6.07 Å². The summed E-state index contributed by atoms with van der Waals surface area (Å²) < 4.78 is 0. The Hall–Kier alpha value is -1.62. The summed E-state index contributed by atoms with van der Waals surface area (Å²) in [5, 5.41) is 15.8. The van der Waals surface area contributed by atoms with Crippen molar-refractivity contribution in [2.45, 2.75) is 18.9 Å². The van der Waals surface area contributed by atoms with Crippen LogP contribution < -0.4 is 10.6 Å². The summed E-state index contributed by atoms with van der Waals surface area (Å²) >= 11 is 0. The van der Waals surface area contributed by atoms with Gasteiger partial charge in [-0.05, 0) is 33.0 Å². The lowest BCUT2D eigenvalue weighted by Crippen LogP contribution is -2.45. The molecule has 0 aliphatic carbocycles. The van der Waals surface area contributed by atoms with Gasteiger partial charge in [0.15, 0.2) is 0 Å². The summed E-state index contributed by atoms with van der Waals surface area (Å²) in [6, 6.07) is 2.27. The van der Waals surface area contributed by atoms with Crippen LogP contribution in [0.1, 0.15) is 12.8 Å². The van der Waals surface area contributed by atoms with Gasteiger partial charge in [-0.25, -0.2) is 0 Å².